The predicted molar refractivity (Wildman–Crippen MR) is 179 cm³/mol. The lowest BCUT2D eigenvalue weighted by atomic mass is 9.87. The molecule has 0 aliphatic carbocycles. The van der Waals surface area contributed by atoms with Gasteiger partial charge >= 0.3 is 30.6 Å². The molecule has 3 aromatic rings. The van der Waals surface area contributed by atoms with Crippen molar-refractivity contribution in [2.45, 2.75) is 76.7 Å². The minimum absolute atomic E-state index is 0.00640. The molecule has 2 aliphatic heterocycles. The quantitative estimate of drug-likeness (QED) is 0.191. The molecule has 2 aromatic carbocycles. The third kappa shape index (κ3) is 9.90. The summed E-state index contributed by atoms with van der Waals surface area (Å²) in [6.07, 6.45) is -12.5. The van der Waals surface area contributed by atoms with E-state index in [0.717, 1.165) is 18.2 Å². The normalized spacial score (nSPS) is 18.5. The van der Waals surface area contributed by atoms with E-state index in [1.54, 1.807) is 13.8 Å². The summed E-state index contributed by atoms with van der Waals surface area (Å²) in [7, 11) is 0. The molecular weight excluding hydrogens is 753 g/mol. The largest absolute Gasteiger partial charge is 0.489 e. The first-order valence-corrected chi connectivity index (χ1v) is 17.4. The number of alkyl halides is 9. The number of rotatable bonds is 11. The van der Waals surface area contributed by atoms with Gasteiger partial charge in [-0.15, -0.1) is 0 Å². The molecule has 5 rings (SSSR count). The molecule has 2 atom stereocenters. The fourth-order valence-corrected chi connectivity index (χ4v) is 6.84. The molecule has 0 radical (unpaired) electrons. The van der Waals surface area contributed by atoms with Crippen LogP contribution < -0.4 is 14.5 Å². The lowest BCUT2D eigenvalue weighted by Crippen LogP contribution is -2.48. The first-order chi connectivity index (χ1) is 25.8. The molecule has 0 unspecified atom stereocenters. The topological polar surface area (TPSA) is 108 Å². The standard InChI is InChI=1S/C36H38F9N5O5/c1-3-26-17-30(28-16-23(34(37,38)39)5-6-29(28)50(26)33(53)54-4-2)49(20-21-13-24(35(40,41)42)15-25(14-21)36(43,44)45)32-46-18-27(19-47-32)55-12-11-48-9-7-22(8-10-48)31(51)52/h5-6,13-16,18-19,22,26,30H,3-4,7-12,17,20H2,1-2H3,(H,51,52)/t26-,30+/m1/s1. The Bertz CT molecular complexity index is 1780. The first-order valence-electron chi connectivity index (χ1n) is 17.4. The molecular formula is C36H38F9N5O5. The Morgan fingerprint density at radius 1 is 0.873 bits per heavy atom. The minimum atomic E-state index is -5.17. The Labute approximate surface area is 309 Å². The number of carboxylic acid groups (broad SMARTS) is 1. The number of fused-ring (bicyclic) bond motifs is 1. The molecule has 55 heavy (non-hydrogen) atoms. The highest BCUT2D eigenvalue weighted by molar-refractivity contribution is 5.90. The Morgan fingerprint density at radius 2 is 1.47 bits per heavy atom. The number of aliphatic carboxylic acids is 1. The van der Waals surface area contributed by atoms with E-state index in [1.807, 2.05) is 4.90 Å². The molecule has 1 aromatic heterocycles. The SMILES string of the molecule is CCOC(=O)N1c2ccc(C(F)(F)F)cc2[C@@H](N(Cc2cc(C(F)(F)F)cc(C(F)(F)F)c2)c2ncc(OCCN3CCC(C(=O)O)CC3)cn2)C[C@H]1CC. The number of halogens is 9. The van der Waals surface area contributed by atoms with Crippen molar-refractivity contribution in [2.75, 3.05) is 42.6 Å². The van der Waals surface area contributed by atoms with Gasteiger partial charge in [-0.05, 0) is 93.2 Å². The Hall–Kier alpha value is -4.81. The number of hydrogen-bond acceptors (Lipinski definition) is 8. The zero-order valence-electron chi connectivity index (χ0n) is 29.6. The Kier molecular flexibility index (Phi) is 12.4. The Morgan fingerprint density at radius 3 is 2.00 bits per heavy atom. The van der Waals surface area contributed by atoms with E-state index in [-0.39, 0.29) is 55.1 Å². The highest BCUT2D eigenvalue weighted by Gasteiger charge is 2.43. The zero-order chi connectivity index (χ0) is 40.3. The summed E-state index contributed by atoms with van der Waals surface area (Å²) in [4.78, 5) is 37.5. The lowest BCUT2D eigenvalue weighted by molar-refractivity contribution is -0.144. The van der Waals surface area contributed by atoms with Gasteiger partial charge < -0.3 is 19.5 Å². The summed E-state index contributed by atoms with van der Waals surface area (Å²) >= 11 is 0. The monoisotopic (exact) mass is 791 g/mol. The number of aromatic nitrogens is 2. The maximum atomic E-state index is 14.1. The van der Waals surface area contributed by atoms with E-state index in [4.69, 9.17) is 9.47 Å². The van der Waals surface area contributed by atoms with Crippen molar-refractivity contribution in [3.63, 3.8) is 0 Å². The fraction of sp³-hybridized carbons (Fsp3) is 0.500. The average Bonchev–Trinajstić information content (AvgIpc) is 3.12. The van der Waals surface area contributed by atoms with Gasteiger partial charge in [-0.3, -0.25) is 14.6 Å². The second-order valence-corrected chi connectivity index (χ2v) is 13.2. The number of ether oxygens (including phenoxy) is 2. The van der Waals surface area contributed by atoms with Crippen LogP contribution >= 0.6 is 0 Å². The van der Waals surface area contributed by atoms with Gasteiger partial charge in [0.05, 0.1) is 53.3 Å². The predicted octanol–water partition coefficient (Wildman–Crippen LogP) is 8.60. The summed E-state index contributed by atoms with van der Waals surface area (Å²) in [5.74, 6) is -1.38. The van der Waals surface area contributed by atoms with Gasteiger partial charge in [0, 0.05) is 19.1 Å². The molecule has 300 valence electrons. The highest BCUT2D eigenvalue weighted by Crippen LogP contribution is 2.46. The number of nitrogens with zero attached hydrogens (tertiary/aromatic N) is 5. The molecule has 1 fully saturated rings. The van der Waals surface area contributed by atoms with E-state index in [9.17, 15) is 54.2 Å². The lowest BCUT2D eigenvalue weighted by Gasteiger charge is -2.44. The van der Waals surface area contributed by atoms with Crippen LogP contribution in [0.1, 0.15) is 73.4 Å². The maximum absolute atomic E-state index is 14.1. The van der Waals surface area contributed by atoms with Crippen LogP contribution in [0.3, 0.4) is 0 Å². The number of carbonyl (C=O) groups is 2. The maximum Gasteiger partial charge on any atom is 0.416 e. The van der Waals surface area contributed by atoms with Gasteiger partial charge in [-0.25, -0.2) is 14.8 Å². The number of anilines is 2. The molecule has 1 amide bonds. The highest BCUT2D eigenvalue weighted by atomic mass is 19.4. The second kappa shape index (κ2) is 16.5. The third-order valence-corrected chi connectivity index (χ3v) is 9.63. The van der Waals surface area contributed by atoms with E-state index < -0.39 is 77.4 Å². The van der Waals surface area contributed by atoms with Crippen LogP contribution in [-0.4, -0.2) is 70.9 Å². The Balaban J connectivity index is 1.55. The van der Waals surface area contributed by atoms with E-state index >= 15 is 0 Å². The van der Waals surface area contributed by atoms with Gasteiger partial charge in [0.15, 0.2) is 5.75 Å². The van der Waals surface area contributed by atoms with Crippen LogP contribution in [0.2, 0.25) is 0 Å². The molecule has 0 saturated carbocycles. The van der Waals surface area contributed by atoms with Gasteiger partial charge in [-0.2, -0.15) is 39.5 Å². The zero-order valence-corrected chi connectivity index (χ0v) is 29.6. The number of likely N-dealkylation sites (tertiary alicyclic amines) is 1. The number of amides is 1. The van der Waals surface area contributed by atoms with E-state index in [1.165, 1.54) is 22.2 Å². The average molecular weight is 792 g/mol. The van der Waals surface area contributed by atoms with E-state index in [2.05, 4.69) is 9.97 Å². The van der Waals surface area contributed by atoms with Crippen molar-refractivity contribution >= 4 is 23.7 Å². The van der Waals surface area contributed by atoms with Crippen LogP contribution in [-0.2, 0) is 34.6 Å². The second-order valence-electron chi connectivity index (χ2n) is 13.2. The summed E-state index contributed by atoms with van der Waals surface area (Å²) < 4.78 is 137. The minimum Gasteiger partial charge on any atom is -0.489 e. The van der Waals surface area contributed by atoms with Crippen LogP contribution in [0, 0.1) is 5.92 Å². The van der Waals surface area contributed by atoms with Crippen LogP contribution in [0.25, 0.3) is 0 Å². The number of carbonyl (C=O) groups excluding carboxylic acids is 1. The van der Waals surface area contributed by atoms with Gasteiger partial charge in [0.1, 0.15) is 6.61 Å². The third-order valence-electron chi connectivity index (χ3n) is 9.63. The van der Waals surface area contributed by atoms with Gasteiger partial charge in [0.25, 0.3) is 0 Å². The number of carboxylic acids is 1. The molecule has 10 nitrogen and oxygen atoms in total. The van der Waals surface area contributed by atoms with Crippen molar-refractivity contribution in [3.05, 3.63) is 76.6 Å². The molecule has 2 aliphatic rings. The van der Waals surface area contributed by atoms with Crippen molar-refractivity contribution < 1.29 is 63.7 Å². The molecule has 0 bridgehead atoms. The van der Waals surface area contributed by atoms with E-state index in [0.29, 0.717) is 44.6 Å². The van der Waals surface area contributed by atoms with Gasteiger partial charge in [0.2, 0.25) is 5.95 Å². The van der Waals surface area contributed by atoms with Crippen LogP contribution in [0.5, 0.6) is 5.75 Å². The van der Waals surface area contributed by atoms with Crippen molar-refractivity contribution in [3.8, 4) is 5.75 Å². The molecule has 3 heterocycles. The van der Waals surface area contributed by atoms with Crippen LogP contribution in [0.4, 0.5) is 55.9 Å². The molecule has 1 saturated heterocycles. The van der Waals surface area contributed by atoms with Crippen molar-refractivity contribution in [1.82, 2.24) is 14.9 Å². The van der Waals surface area contributed by atoms with Crippen LogP contribution in [0.15, 0.2) is 48.8 Å². The molecule has 19 heteroatoms. The molecule has 1 N–H and O–H groups in total. The summed E-state index contributed by atoms with van der Waals surface area (Å²) in [6.45, 7) is 4.14. The summed E-state index contributed by atoms with van der Waals surface area (Å²) in [6, 6.07) is 1.73. The summed E-state index contributed by atoms with van der Waals surface area (Å²) in [5, 5.41) is 9.22. The molecule has 0 spiro atoms. The number of piperidine rings is 1. The van der Waals surface area contributed by atoms with Crippen molar-refractivity contribution in [1.29, 1.82) is 0 Å². The number of hydrogen-bond donors (Lipinski definition) is 1. The van der Waals surface area contributed by atoms with Gasteiger partial charge in [-0.1, -0.05) is 6.92 Å². The first kappa shape index (κ1) is 41.4. The van der Waals surface area contributed by atoms with Crippen molar-refractivity contribution in [2.24, 2.45) is 5.92 Å². The fourth-order valence-electron chi connectivity index (χ4n) is 6.84. The number of benzene rings is 2. The smallest absolute Gasteiger partial charge is 0.416 e. The summed E-state index contributed by atoms with van der Waals surface area (Å²) in [5.41, 5.74) is -4.86.